The summed E-state index contributed by atoms with van der Waals surface area (Å²) in [5, 5.41) is 10.3. The third-order valence-electron chi connectivity index (χ3n) is 5.31. The minimum absolute atomic E-state index is 0. The molecule has 0 bridgehead atoms. The maximum absolute atomic E-state index is 12.4. The van der Waals surface area contributed by atoms with E-state index in [1.165, 1.54) is 0 Å². The first kappa shape index (κ1) is 24.2. The minimum atomic E-state index is -0.434. The Kier molecular flexibility index (Phi) is 10.5. The average molecular weight is 469 g/mol. The molecule has 2 aromatic carbocycles. The van der Waals surface area contributed by atoms with E-state index in [1.807, 2.05) is 53.4 Å². The first-order chi connectivity index (χ1) is 13.7. The zero-order chi connectivity index (χ0) is 19.8. The maximum Gasteiger partial charge on any atom is 0.227 e. The number of carbonyl (C=O) groups excluding carboxylic acids is 1. The molecule has 0 spiro atoms. The minimum Gasteiger partial charge on any atom is -0.388 e. The number of carbonyl (C=O) groups is 1. The van der Waals surface area contributed by atoms with Gasteiger partial charge in [0.1, 0.15) is 0 Å². The number of hydrogen-bond donors (Lipinski definition) is 1. The Bertz CT molecular complexity index is 736. The van der Waals surface area contributed by atoms with Gasteiger partial charge < -0.3 is 14.7 Å². The molecule has 1 N–H and O–H groups in total. The number of amides is 1. The van der Waals surface area contributed by atoms with Crippen LogP contribution >= 0.6 is 0 Å². The smallest absolute Gasteiger partial charge is 0.227 e. The predicted octanol–water partition coefficient (Wildman–Crippen LogP) is 4.81. The van der Waals surface area contributed by atoms with Crippen molar-refractivity contribution in [3.63, 3.8) is 0 Å². The Morgan fingerprint density at radius 2 is 2.03 bits per heavy atom. The van der Waals surface area contributed by atoms with Crippen LogP contribution in [0.15, 0.2) is 48.5 Å². The van der Waals surface area contributed by atoms with Gasteiger partial charge in [0.25, 0.3) is 0 Å². The second kappa shape index (κ2) is 12.6. The molecule has 2 atom stereocenters. The fourth-order valence-electron chi connectivity index (χ4n) is 3.70. The first-order valence-electron chi connectivity index (χ1n) is 10.3. The average Bonchev–Trinajstić information content (AvgIpc) is 3.09. The molecule has 0 aliphatic carbocycles. The van der Waals surface area contributed by atoms with Crippen molar-refractivity contribution in [2.45, 2.75) is 64.2 Å². The summed E-state index contributed by atoms with van der Waals surface area (Å²) < 4.78 is 5.87. The summed E-state index contributed by atoms with van der Waals surface area (Å²) in [7, 11) is 0. The zero-order valence-corrected chi connectivity index (χ0v) is 20.1. The number of benzene rings is 2. The molecular formula is C24H30NO3Y-. The van der Waals surface area contributed by atoms with Crippen molar-refractivity contribution < 1.29 is 47.3 Å². The summed E-state index contributed by atoms with van der Waals surface area (Å²) in [5.41, 5.74) is 2.88. The number of unbranched alkanes of at least 4 members (excludes halogenated alkanes) is 2. The van der Waals surface area contributed by atoms with E-state index in [4.69, 9.17) is 4.74 Å². The van der Waals surface area contributed by atoms with Gasteiger partial charge >= 0.3 is 0 Å². The standard InChI is InChI=1S/C24H30NO3.Y/c1-2-3-5-10-23(26)20-11-13-21(14-12-20)25-22(15-16-24(25)27)18-28-17-19-8-6-4-7-9-19;/h4,6,8-9,11-14,22-23,26H,2-3,5,10,15-18H2,1H3;/q-1;/t22-,23?;/m1./s1. The molecule has 29 heavy (non-hydrogen) atoms. The molecule has 1 radical (unpaired) electrons. The van der Waals surface area contributed by atoms with Gasteiger partial charge in [0.15, 0.2) is 0 Å². The number of aliphatic hydroxyl groups excluding tert-OH is 1. The SMILES string of the molecule is CCCCCC(O)c1ccc(N2C(=O)CC[C@@H]2COCc2c[c-]ccc2)cc1.[Y]. The normalized spacial score (nSPS) is 17.2. The van der Waals surface area contributed by atoms with E-state index in [0.29, 0.717) is 19.6 Å². The van der Waals surface area contributed by atoms with Crippen LogP contribution in [0.5, 0.6) is 0 Å². The van der Waals surface area contributed by atoms with E-state index in [9.17, 15) is 9.90 Å². The van der Waals surface area contributed by atoms with Crippen LogP contribution in [0.4, 0.5) is 5.69 Å². The first-order valence-corrected chi connectivity index (χ1v) is 10.3. The molecule has 1 heterocycles. The van der Waals surface area contributed by atoms with E-state index in [0.717, 1.165) is 48.9 Å². The molecule has 0 aromatic heterocycles. The van der Waals surface area contributed by atoms with Crippen LogP contribution < -0.4 is 4.90 Å². The van der Waals surface area contributed by atoms with E-state index in [2.05, 4.69) is 13.0 Å². The van der Waals surface area contributed by atoms with Gasteiger partial charge in [-0.2, -0.15) is 30.3 Å². The van der Waals surface area contributed by atoms with Gasteiger partial charge in [-0.15, -0.1) is 5.56 Å². The largest absolute Gasteiger partial charge is 0.388 e. The molecule has 153 valence electrons. The van der Waals surface area contributed by atoms with E-state index in [-0.39, 0.29) is 44.7 Å². The van der Waals surface area contributed by atoms with Gasteiger partial charge in [-0.1, -0.05) is 38.3 Å². The summed E-state index contributed by atoms with van der Waals surface area (Å²) in [6, 6.07) is 18.6. The second-order valence-corrected chi connectivity index (χ2v) is 7.49. The summed E-state index contributed by atoms with van der Waals surface area (Å²) in [6.45, 7) is 3.20. The molecule has 0 saturated carbocycles. The Labute approximate surface area is 199 Å². The van der Waals surface area contributed by atoms with Gasteiger partial charge in [0.05, 0.1) is 18.8 Å². The van der Waals surface area contributed by atoms with Crippen LogP contribution in [0.3, 0.4) is 0 Å². The molecule has 1 amide bonds. The van der Waals surface area contributed by atoms with Crippen LogP contribution in [-0.4, -0.2) is 23.7 Å². The molecule has 1 saturated heterocycles. The van der Waals surface area contributed by atoms with E-state index in [1.54, 1.807) is 0 Å². The van der Waals surface area contributed by atoms with Gasteiger partial charge in [-0.05, 0) is 30.5 Å². The van der Waals surface area contributed by atoms with Gasteiger partial charge in [0.2, 0.25) is 5.91 Å². The van der Waals surface area contributed by atoms with Crippen molar-refractivity contribution >= 4 is 11.6 Å². The fraction of sp³-hybridized carbons (Fsp3) is 0.458. The number of hydrogen-bond acceptors (Lipinski definition) is 3. The molecule has 1 unspecified atom stereocenters. The molecular weight excluding hydrogens is 439 g/mol. The van der Waals surface area contributed by atoms with E-state index >= 15 is 0 Å². The van der Waals surface area contributed by atoms with Gasteiger partial charge in [-0.3, -0.25) is 4.79 Å². The van der Waals surface area contributed by atoms with Crippen molar-refractivity contribution in [2.24, 2.45) is 0 Å². The summed E-state index contributed by atoms with van der Waals surface area (Å²) >= 11 is 0. The number of anilines is 1. The van der Waals surface area contributed by atoms with Crippen molar-refractivity contribution in [1.29, 1.82) is 0 Å². The van der Waals surface area contributed by atoms with Crippen LogP contribution in [-0.2, 0) is 48.8 Å². The molecule has 5 heteroatoms. The molecule has 3 rings (SSSR count). The van der Waals surface area contributed by atoms with Crippen LogP contribution in [0.2, 0.25) is 0 Å². The Hall–Kier alpha value is -1.07. The summed E-state index contributed by atoms with van der Waals surface area (Å²) in [5.74, 6) is 0.137. The fourth-order valence-corrected chi connectivity index (χ4v) is 3.70. The van der Waals surface area contributed by atoms with Crippen molar-refractivity contribution in [3.8, 4) is 0 Å². The quantitative estimate of drug-likeness (QED) is 0.402. The number of ether oxygens (including phenoxy) is 1. The molecule has 1 aliphatic heterocycles. The number of nitrogens with zero attached hydrogens (tertiary/aromatic N) is 1. The predicted molar refractivity (Wildman–Crippen MR) is 111 cm³/mol. The number of rotatable bonds is 10. The topological polar surface area (TPSA) is 49.8 Å². The summed E-state index contributed by atoms with van der Waals surface area (Å²) in [6.07, 6.45) is 5.02. The maximum atomic E-state index is 12.4. The van der Waals surface area contributed by atoms with Gasteiger partial charge in [0, 0.05) is 51.4 Å². The Morgan fingerprint density at radius 3 is 2.72 bits per heavy atom. The third-order valence-corrected chi connectivity index (χ3v) is 5.31. The zero-order valence-electron chi connectivity index (χ0n) is 17.2. The van der Waals surface area contributed by atoms with Gasteiger partial charge in [-0.25, -0.2) is 0 Å². The van der Waals surface area contributed by atoms with Crippen molar-refractivity contribution in [2.75, 3.05) is 11.5 Å². The molecule has 1 aliphatic rings. The molecule has 2 aromatic rings. The van der Waals surface area contributed by atoms with Crippen LogP contribution in [0, 0.1) is 6.07 Å². The van der Waals surface area contributed by atoms with Crippen LogP contribution in [0.1, 0.15) is 62.7 Å². The summed E-state index contributed by atoms with van der Waals surface area (Å²) in [4.78, 5) is 14.3. The van der Waals surface area contributed by atoms with Crippen molar-refractivity contribution in [3.05, 3.63) is 65.7 Å². The number of aliphatic hydroxyl groups is 1. The monoisotopic (exact) mass is 469 g/mol. The van der Waals surface area contributed by atoms with Crippen molar-refractivity contribution in [1.82, 2.24) is 0 Å². The Balaban J connectivity index is 0.00000300. The van der Waals surface area contributed by atoms with Crippen LogP contribution in [0.25, 0.3) is 0 Å². The van der Waals surface area contributed by atoms with E-state index < -0.39 is 6.10 Å². The molecule has 4 nitrogen and oxygen atoms in total. The third kappa shape index (κ3) is 6.99. The Morgan fingerprint density at radius 1 is 1.24 bits per heavy atom. The molecule has 1 fully saturated rings. The second-order valence-electron chi connectivity index (χ2n) is 7.49.